The molecule has 4 aromatic rings. The molecule has 2 aromatic carbocycles. The van der Waals surface area contributed by atoms with Gasteiger partial charge in [0.15, 0.2) is 0 Å². The molecule has 0 aliphatic rings. The zero-order valence-corrected chi connectivity index (χ0v) is 16.9. The van der Waals surface area contributed by atoms with Gasteiger partial charge in [-0.3, -0.25) is 9.78 Å². The first-order chi connectivity index (χ1) is 14.6. The Bertz CT molecular complexity index is 1120. The van der Waals surface area contributed by atoms with Crippen molar-refractivity contribution in [2.75, 3.05) is 14.2 Å². The van der Waals surface area contributed by atoms with Crippen LogP contribution >= 0.6 is 0 Å². The Labute approximate surface area is 175 Å². The number of carbonyl (C=O) groups excluding carboxylic acids is 1. The zero-order chi connectivity index (χ0) is 20.9. The molecular weight excluding hydrogens is 376 g/mol. The molecule has 0 spiro atoms. The van der Waals surface area contributed by atoms with E-state index in [0.717, 1.165) is 28.3 Å². The van der Waals surface area contributed by atoms with E-state index in [9.17, 15) is 4.79 Å². The van der Waals surface area contributed by atoms with Crippen LogP contribution in [-0.2, 0) is 6.54 Å². The fraction of sp³-hybridized carbons (Fsp3) is 0.125. The summed E-state index contributed by atoms with van der Waals surface area (Å²) in [5.41, 5.74) is 4.21. The minimum Gasteiger partial charge on any atom is -0.497 e. The molecule has 0 radical (unpaired) electrons. The molecule has 2 aromatic heterocycles. The molecule has 6 heteroatoms. The summed E-state index contributed by atoms with van der Waals surface area (Å²) in [6, 6.07) is 21.2. The van der Waals surface area contributed by atoms with Crippen LogP contribution in [-0.4, -0.2) is 39.7 Å². The number of hydrogen-bond donors (Lipinski definition) is 0. The fourth-order valence-corrected chi connectivity index (χ4v) is 3.17. The second-order valence-corrected chi connectivity index (χ2v) is 6.95. The normalized spacial score (nSPS) is 10.6. The predicted octanol–water partition coefficient (Wildman–Crippen LogP) is 4.22. The van der Waals surface area contributed by atoms with Crippen LogP contribution in [0.25, 0.3) is 16.9 Å². The van der Waals surface area contributed by atoms with Gasteiger partial charge in [-0.2, -0.15) is 5.10 Å². The van der Waals surface area contributed by atoms with E-state index in [0.29, 0.717) is 12.1 Å². The molecule has 0 bridgehead atoms. The SMILES string of the molecule is COc1ccc(-n2cc(-c3ccc(C(=O)N(C)Cc4ccccc4)cn3)cn2)cc1. The Kier molecular flexibility index (Phi) is 5.57. The molecule has 30 heavy (non-hydrogen) atoms. The van der Waals surface area contributed by atoms with E-state index in [1.165, 1.54) is 0 Å². The molecule has 0 N–H and O–H groups in total. The van der Waals surface area contributed by atoms with E-state index in [1.807, 2.05) is 66.9 Å². The third-order valence-electron chi connectivity index (χ3n) is 4.84. The highest BCUT2D eigenvalue weighted by molar-refractivity contribution is 5.94. The van der Waals surface area contributed by atoms with Crippen LogP contribution in [0.4, 0.5) is 0 Å². The third kappa shape index (κ3) is 4.22. The maximum atomic E-state index is 12.7. The van der Waals surface area contributed by atoms with E-state index < -0.39 is 0 Å². The highest BCUT2D eigenvalue weighted by Crippen LogP contribution is 2.20. The molecule has 0 aliphatic carbocycles. The van der Waals surface area contributed by atoms with Crippen molar-refractivity contribution >= 4 is 5.91 Å². The lowest BCUT2D eigenvalue weighted by molar-refractivity contribution is 0.0784. The van der Waals surface area contributed by atoms with Gasteiger partial charge in [0.2, 0.25) is 0 Å². The van der Waals surface area contributed by atoms with Crippen LogP contribution in [0.3, 0.4) is 0 Å². The van der Waals surface area contributed by atoms with Crippen molar-refractivity contribution < 1.29 is 9.53 Å². The zero-order valence-electron chi connectivity index (χ0n) is 16.9. The monoisotopic (exact) mass is 398 g/mol. The second kappa shape index (κ2) is 8.61. The van der Waals surface area contributed by atoms with Crippen molar-refractivity contribution in [3.05, 3.63) is 96.4 Å². The Morgan fingerprint density at radius 2 is 1.77 bits per heavy atom. The predicted molar refractivity (Wildman–Crippen MR) is 116 cm³/mol. The average molecular weight is 398 g/mol. The minimum atomic E-state index is -0.0631. The van der Waals surface area contributed by atoms with Crippen molar-refractivity contribution in [3.8, 4) is 22.7 Å². The molecule has 2 heterocycles. The van der Waals surface area contributed by atoms with E-state index in [4.69, 9.17) is 4.74 Å². The molecule has 0 saturated heterocycles. The summed E-state index contributed by atoms with van der Waals surface area (Å²) < 4.78 is 6.97. The van der Waals surface area contributed by atoms with Crippen LogP contribution < -0.4 is 4.74 Å². The lowest BCUT2D eigenvalue weighted by atomic mass is 10.1. The summed E-state index contributed by atoms with van der Waals surface area (Å²) in [7, 11) is 3.43. The molecular formula is C24H22N4O2. The van der Waals surface area contributed by atoms with Crippen LogP contribution in [0.5, 0.6) is 5.75 Å². The van der Waals surface area contributed by atoms with E-state index in [1.54, 1.807) is 42.2 Å². The topological polar surface area (TPSA) is 60.2 Å². The van der Waals surface area contributed by atoms with Gasteiger partial charge >= 0.3 is 0 Å². The van der Waals surface area contributed by atoms with Gasteiger partial charge < -0.3 is 9.64 Å². The minimum absolute atomic E-state index is 0.0631. The number of ether oxygens (including phenoxy) is 1. The van der Waals surface area contributed by atoms with Crippen molar-refractivity contribution in [2.24, 2.45) is 0 Å². The number of aromatic nitrogens is 3. The first-order valence-corrected chi connectivity index (χ1v) is 9.59. The Hall–Kier alpha value is -3.93. The molecule has 4 rings (SSSR count). The third-order valence-corrected chi connectivity index (χ3v) is 4.84. The Balaban J connectivity index is 1.47. The summed E-state index contributed by atoms with van der Waals surface area (Å²) in [5.74, 6) is 0.733. The molecule has 0 fully saturated rings. The summed E-state index contributed by atoms with van der Waals surface area (Å²) in [4.78, 5) is 18.9. The lowest BCUT2D eigenvalue weighted by Crippen LogP contribution is -2.26. The Morgan fingerprint density at radius 3 is 2.43 bits per heavy atom. The maximum absolute atomic E-state index is 12.7. The van der Waals surface area contributed by atoms with Crippen molar-refractivity contribution in [1.29, 1.82) is 0 Å². The van der Waals surface area contributed by atoms with Gasteiger partial charge in [0.05, 0.1) is 30.3 Å². The number of pyridine rings is 1. The van der Waals surface area contributed by atoms with E-state index in [2.05, 4.69) is 10.1 Å². The van der Waals surface area contributed by atoms with Gasteiger partial charge in [-0.05, 0) is 42.0 Å². The molecule has 0 unspecified atom stereocenters. The van der Waals surface area contributed by atoms with Gasteiger partial charge in [-0.15, -0.1) is 0 Å². The molecule has 150 valence electrons. The average Bonchev–Trinajstić information content (AvgIpc) is 3.30. The first-order valence-electron chi connectivity index (χ1n) is 9.59. The van der Waals surface area contributed by atoms with Gasteiger partial charge in [0.1, 0.15) is 5.75 Å². The highest BCUT2D eigenvalue weighted by atomic mass is 16.5. The largest absolute Gasteiger partial charge is 0.497 e. The molecule has 0 atom stereocenters. The van der Waals surface area contributed by atoms with Crippen LogP contribution in [0.1, 0.15) is 15.9 Å². The number of carbonyl (C=O) groups is 1. The number of nitrogens with zero attached hydrogens (tertiary/aromatic N) is 4. The number of rotatable bonds is 6. The van der Waals surface area contributed by atoms with Gasteiger partial charge in [-0.25, -0.2) is 4.68 Å². The van der Waals surface area contributed by atoms with E-state index in [-0.39, 0.29) is 5.91 Å². The molecule has 6 nitrogen and oxygen atoms in total. The van der Waals surface area contributed by atoms with Crippen LogP contribution in [0.2, 0.25) is 0 Å². The van der Waals surface area contributed by atoms with E-state index >= 15 is 0 Å². The number of methoxy groups -OCH3 is 1. The summed E-state index contributed by atoms with van der Waals surface area (Å²) in [5, 5.41) is 4.41. The highest BCUT2D eigenvalue weighted by Gasteiger charge is 2.13. The number of amides is 1. The summed E-state index contributed by atoms with van der Waals surface area (Å²) in [6.45, 7) is 0.552. The van der Waals surface area contributed by atoms with Crippen molar-refractivity contribution in [3.63, 3.8) is 0 Å². The van der Waals surface area contributed by atoms with Crippen LogP contribution in [0.15, 0.2) is 85.3 Å². The quantitative estimate of drug-likeness (QED) is 0.488. The lowest BCUT2D eigenvalue weighted by Gasteiger charge is -2.17. The molecule has 0 saturated carbocycles. The number of hydrogen-bond acceptors (Lipinski definition) is 4. The summed E-state index contributed by atoms with van der Waals surface area (Å²) >= 11 is 0. The summed E-state index contributed by atoms with van der Waals surface area (Å²) in [6.07, 6.45) is 5.28. The van der Waals surface area contributed by atoms with Crippen molar-refractivity contribution in [1.82, 2.24) is 19.7 Å². The van der Waals surface area contributed by atoms with Gasteiger partial charge in [-0.1, -0.05) is 30.3 Å². The molecule has 1 amide bonds. The smallest absolute Gasteiger partial charge is 0.255 e. The fourth-order valence-electron chi connectivity index (χ4n) is 3.17. The first kappa shape index (κ1) is 19.4. The van der Waals surface area contributed by atoms with Gasteiger partial charge in [0, 0.05) is 31.5 Å². The standard InChI is InChI=1S/C24H22N4O2/c1-27(16-18-6-4-3-5-7-18)24(29)19-8-13-23(25-14-19)20-15-26-28(17-20)21-9-11-22(30-2)12-10-21/h3-15,17H,16H2,1-2H3. The maximum Gasteiger partial charge on any atom is 0.255 e. The van der Waals surface area contributed by atoms with Crippen molar-refractivity contribution in [2.45, 2.75) is 6.54 Å². The van der Waals surface area contributed by atoms with Gasteiger partial charge in [0.25, 0.3) is 5.91 Å². The van der Waals surface area contributed by atoms with Crippen LogP contribution in [0, 0.1) is 0 Å². The number of benzene rings is 2. The Morgan fingerprint density at radius 1 is 1.00 bits per heavy atom. The second-order valence-electron chi connectivity index (χ2n) is 6.95. The molecule has 0 aliphatic heterocycles.